The minimum Gasteiger partial charge on any atom is -0.466 e. The van der Waals surface area contributed by atoms with Gasteiger partial charge in [-0.2, -0.15) is 0 Å². The Bertz CT molecular complexity index is 611. The van der Waals surface area contributed by atoms with Gasteiger partial charge < -0.3 is 4.74 Å². The van der Waals surface area contributed by atoms with Crippen LogP contribution < -0.4 is 0 Å². The van der Waals surface area contributed by atoms with E-state index in [0.717, 1.165) is 11.1 Å². The van der Waals surface area contributed by atoms with Crippen molar-refractivity contribution >= 4 is 29.2 Å². The fourth-order valence-electron chi connectivity index (χ4n) is 2.17. The van der Waals surface area contributed by atoms with Gasteiger partial charge >= 0.3 is 5.97 Å². The van der Waals surface area contributed by atoms with Gasteiger partial charge in [0.05, 0.1) is 22.6 Å². The van der Waals surface area contributed by atoms with Gasteiger partial charge in [0.15, 0.2) is 0 Å². The van der Waals surface area contributed by atoms with E-state index in [1.807, 2.05) is 36.4 Å². The second-order valence-electron chi connectivity index (χ2n) is 4.67. The summed E-state index contributed by atoms with van der Waals surface area (Å²) in [6.45, 7) is 2.17. The summed E-state index contributed by atoms with van der Waals surface area (Å²) in [7, 11) is 0. The van der Waals surface area contributed by atoms with E-state index in [1.54, 1.807) is 19.1 Å². The SMILES string of the molecule is CCOC(=O)C(Cc1ccc(Cl)c(Cl)c1)c1ccccc1. The Balaban J connectivity index is 2.27. The van der Waals surface area contributed by atoms with Crippen molar-refractivity contribution in [3.63, 3.8) is 0 Å². The van der Waals surface area contributed by atoms with E-state index in [2.05, 4.69) is 0 Å². The summed E-state index contributed by atoms with van der Waals surface area (Å²) in [5.74, 6) is -0.571. The summed E-state index contributed by atoms with van der Waals surface area (Å²) in [6, 6.07) is 15.0. The maximum absolute atomic E-state index is 12.2. The van der Waals surface area contributed by atoms with E-state index in [1.165, 1.54) is 0 Å². The first-order chi connectivity index (χ1) is 10.1. The van der Waals surface area contributed by atoms with Crippen LogP contribution >= 0.6 is 23.2 Å². The van der Waals surface area contributed by atoms with Gasteiger partial charge in [-0.25, -0.2) is 0 Å². The van der Waals surface area contributed by atoms with E-state index >= 15 is 0 Å². The largest absolute Gasteiger partial charge is 0.466 e. The first kappa shape index (κ1) is 15.9. The first-order valence-electron chi connectivity index (χ1n) is 6.77. The Morgan fingerprint density at radius 3 is 2.43 bits per heavy atom. The van der Waals surface area contributed by atoms with Crippen LogP contribution in [-0.4, -0.2) is 12.6 Å². The fourth-order valence-corrected chi connectivity index (χ4v) is 2.49. The van der Waals surface area contributed by atoms with E-state index in [-0.39, 0.29) is 11.9 Å². The van der Waals surface area contributed by atoms with E-state index in [0.29, 0.717) is 23.1 Å². The van der Waals surface area contributed by atoms with Gasteiger partial charge in [0.1, 0.15) is 0 Å². The zero-order valence-corrected chi connectivity index (χ0v) is 13.2. The lowest BCUT2D eigenvalue weighted by molar-refractivity contribution is -0.144. The average Bonchev–Trinajstić information content (AvgIpc) is 2.49. The van der Waals surface area contributed by atoms with Gasteiger partial charge in [0, 0.05) is 0 Å². The molecule has 0 N–H and O–H groups in total. The molecule has 0 aromatic heterocycles. The molecule has 4 heteroatoms. The zero-order valence-electron chi connectivity index (χ0n) is 11.7. The van der Waals surface area contributed by atoms with Crippen LogP contribution in [0.25, 0.3) is 0 Å². The van der Waals surface area contributed by atoms with Crippen LogP contribution in [0.2, 0.25) is 10.0 Å². The number of halogens is 2. The van der Waals surface area contributed by atoms with Crippen LogP contribution in [0.15, 0.2) is 48.5 Å². The molecule has 0 aliphatic carbocycles. The lowest BCUT2D eigenvalue weighted by Gasteiger charge is -2.16. The van der Waals surface area contributed by atoms with Crippen molar-refractivity contribution in [2.45, 2.75) is 19.3 Å². The van der Waals surface area contributed by atoms with Gasteiger partial charge in [-0.15, -0.1) is 0 Å². The molecule has 110 valence electrons. The first-order valence-corrected chi connectivity index (χ1v) is 7.53. The molecule has 0 saturated carbocycles. The van der Waals surface area contributed by atoms with Crippen LogP contribution in [0.4, 0.5) is 0 Å². The second kappa shape index (κ2) is 7.48. The molecule has 2 rings (SSSR count). The number of hydrogen-bond donors (Lipinski definition) is 0. The Morgan fingerprint density at radius 2 is 1.81 bits per heavy atom. The van der Waals surface area contributed by atoms with Crippen LogP contribution in [0.3, 0.4) is 0 Å². The van der Waals surface area contributed by atoms with Gasteiger partial charge in [0.2, 0.25) is 0 Å². The number of esters is 1. The molecule has 1 atom stereocenters. The van der Waals surface area contributed by atoms with Gasteiger partial charge in [-0.3, -0.25) is 4.79 Å². The zero-order chi connectivity index (χ0) is 15.2. The minimum absolute atomic E-state index is 0.227. The summed E-state index contributed by atoms with van der Waals surface area (Å²) in [5, 5.41) is 0.998. The Labute approximate surface area is 134 Å². The van der Waals surface area contributed by atoms with E-state index < -0.39 is 0 Å². The standard InChI is InChI=1S/C17H16Cl2O2/c1-2-21-17(20)14(13-6-4-3-5-7-13)10-12-8-9-15(18)16(19)11-12/h3-9,11,14H,2,10H2,1H3. The molecule has 0 radical (unpaired) electrons. The number of hydrogen-bond acceptors (Lipinski definition) is 2. The van der Waals surface area contributed by atoms with Crippen molar-refractivity contribution in [2.24, 2.45) is 0 Å². The molecule has 2 aromatic rings. The number of ether oxygens (including phenoxy) is 1. The monoisotopic (exact) mass is 322 g/mol. The Hall–Kier alpha value is -1.51. The second-order valence-corrected chi connectivity index (χ2v) is 5.48. The molecule has 2 nitrogen and oxygen atoms in total. The molecule has 0 bridgehead atoms. The summed E-state index contributed by atoms with van der Waals surface area (Å²) < 4.78 is 5.19. The van der Waals surface area contributed by atoms with Crippen molar-refractivity contribution < 1.29 is 9.53 Å². The van der Waals surface area contributed by atoms with Crippen LogP contribution in [-0.2, 0) is 16.0 Å². The summed E-state index contributed by atoms with van der Waals surface area (Å²) in [6.07, 6.45) is 0.528. The molecule has 0 spiro atoms. The predicted octanol–water partition coefficient (Wildman–Crippen LogP) is 4.88. The van der Waals surface area contributed by atoms with Gasteiger partial charge in [-0.05, 0) is 36.6 Å². The van der Waals surface area contributed by atoms with Crippen molar-refractivity contribution in [3.8, 4) is 0 Å². The maximum atomic E-state index is 12.2. The smallest absolute Gasteiger partial charge is 0.313 e. The van der Waals surface area contributed by atoms with Crippen LogP contribution in [0.5, 0.6) is 0 Å². The van der Waals surface area contributed by atoms with Crippen molar-refractivity contribution in [2.75, 3.05) is 6.61 Å². The summed E-state index contributed by atoms with van der Waals surface area (Å²) >= 11 is 12.0. The number of carbonyl (C=O) groups is 1. The summed E-state index contributed by atoms with van der Waals surface area (Å²) in [4.78, 5) is 12.2. The van der Waals surface area contributed by atoms with E-state index in [9.17, 15) is 4.79 Å². The number of carbonyl (C=O) groups excluding carboxylic acids is 1. The number of rotatable bonds is 5. The normalized spacial score (nSPS) is 12.0. The molecular formula is C17H16Cl2O2. The molecule has 2 aromatic carbocycles. The highest BCUT2D eigenvalue weighted by molar-refractivity contribution is 6.42. The third-order valence-corrected chi connectivity index (χ3v) is 3.94. The maximum Gasteiger partial charge on any atom is 0.313 e. The third kappa shape index (κ3) is 4.23. The minimum atomic E-state index is -0.344. The topological polar surface area (TPSA) is 26.3 Å². The van der Waals surface area contributed by atoms with Crippen LogP contribution in [0.1, 0.15) is 24.0 Å². The van der Waals surface area contributed by atoms with Gasteiger partial charge in [0.25, 0.3) is 0 Å². The average molecular weight is 323 g/mol. The summed E-state index contributed by atoms with van der Waals surface area (Å²) in [5.41, 5.74) is 1.88. The molecule has 0 fully saturated rings. The predicted molar refractivity (Wildman–Crippen MR) is 86.0 cm³/mol. The van der Waals surface area contributed by atoms with Crippen molar-refractivity contribution in [1.29, 1.82) is 0 Å². The quantitative estimate of drug-likeness (QED) is 0.733. The highest BCUT2D eigenvalue weighted by Gasteiger charge is 2.22. The molecule has 0 saturated heterocycles. The van der Waals surface area contributed by atoms with E-state index in [4.69, 9.17) is 27.9 Å². The third-order valence-electron chi connectivity index (χ3n) is 3.20. The van der Waals surface area contributed by atoms with Crippen molar-refractivity contribution in [3.05, 3.63) is 69.7 Å². The molecular weight excluding hydrogens is 307 g/mol. The molecule has 21 heavy (non-hydrogen) atoms. The lowest BCUT2D eigenvalue weighted by Crippen LogP contribution is -2.18. The Morgan fingerprint density at radius 1 is 1.10 bits per heavy atom. The highest BCUT2D eigenvalue weighted by Crippen LogP contribution is 2.27. The molecule has 0 aliphatic heterocycles. The fraction of sp³-hybridized carbons (Fsp3) is 0.235. The molecule has 1 unspecified atom stereocenters. The van der Waals surface area contributed by atoms with Gasteiger partial charge in [-0.1, -0.05) is 59.6 Å². The van der Waals surface area contributed by atoms with Crippen LogP contribution in [0, 0.1) is 0 Å². The highest BCUT2D eigenvalue weighted by atomic mass is 35.5. The van der Waals surface area contributed by atoms with Crippen molar-refractivity contribution in [1.82, 2.24) is 0 Å². The number of benzene rings is 2. The molecule has 0 amide bonds. The Kier molecular flexibility index (Phi) is 5.66. The lowest BCUT2D eigenvalue weighted by atomic mass is 9.92. The molecule has 0 heterocycles. The molecule has 0 aliphatic rings.